The van der Waals surface area contributed by atoms with Crippen LogP contribution in [0.1, 0.15) is 44.3 Å². The van der Waals surface area contributed by atoms with Crippen molar-refractivity contribution in [1.82, 2.24) is 20.1 Å². The molecule has 9 nitrogen and oxygen atoms in total. The van der Waals surface area contributed by atoms with E-state index in [9.17, 15) is 9.90 Å². The van der Waals surface area contributed by atoms with Gasteiger partial charge in [-0.05, 0) is 36.2 Å². The van der Waals surface area contributed by atoms with Crippen LogP contribution in [-0.4, -0.2) is 39.5 Å². The number of aliphatic hydroxyl groups excluding tert-OH is 1. The van der Waals surface area contributed by atoms with Crippen molar-refractivity contribution in [3.63, 3.8) is 0 Å². The van der Waals surface area contributed by atoms with Crippen molar-refractivity contribution < 1.29 is 19.4 Å². The maximum atomic E-state index is 11.7. The third-order valence-corrected chi connectivity index (χ3v) is 5.26. The second kappa shape index (κ2) is 8.55. The molecule has 1 atom stereocenters. The van der Waals surface area contributed by atoms with Crippen molar-refractivity contribution in [2.75, 3.05) is 13.7 Å². The van der Waals surface area contributed by atoms with Crippen LogP contribution in [-0.2, 0) is 17.9 Å². The number of aromatic nitrogens is 3. The van der Waals surface area contributed by atoms with Crippen molar-refractivity contribution in [2.24, 2.45) is 0 Å². The van der Waals surface area contributed by atoms with Crippen molar-refractivity contribution >= 4 is 5.97 Å². The Bertz CT molecular complexity index is 1180. The van der Waals surface area contributed by atoms with Gasteiger partial charge in [-0.1, -0.05) is 6.07 Å². The maximum Gasteiger partial charge on any atom is 0.338 e. The fourth-order valence-corrected chi connectivity index (χ4v) is 3.57. The van der Waals surface area contributed by atoms with E-state index in [1.54, 1.807) is 35.1 Å². The molecule has 0 saturated carbocycles. The van der Waals surface area contributed by atoms with Crippen LogP contribution in [0.4, 0.5) is 0 Å². The smallest absolute Gasteiger partial charge is 0.338 e. The number of methoxy groups -OCH3 is 1. The number of carbonyl (C=O) groups is 1. The van der Waals surface area contributed by atoms with Crippen LogP contribution in [0.2, 0.25) is 0 Å². The van der Waals surface area contributed by atoms with E-state index in [0.29, 0.717) is 30.0 Å². The van der Waals surface area contributed by atoms with Gasteiger partial charge in [-0.25, -0.2) is 9.48 Å². The Kier molecular flexibility index (Phi) is 5.66. The Labute approximate surface area is 178 Å². The summed E-state index contributed by atoms with van der Waals surface area (Å²) in [6, 6.07) is 8.84. The van der Waals surface area contributed by atoms with Crippen molar-refractivity contribution in [3.05, 3.63) is 70.0 Å². The molecule has 3 heterocycles. The molecule has 158 valence electrons. The Morgan fingerprint density at radius 3 is 3.00 bits per heavy atom. The quantitative estimate of drug-likeness (QED) is 0.557. The monoisotopic (exact) mass is 419 g/mol. The first-order chi connectivity index (χ1) is 15.0. The van der Waals surface area contributed by atoms with Crippen LogP contribution in [0.25, 0.3) is 5.82 Å². The summed E-state index contributed by atoms with van der Waals surface area (Å²) in [4.78, 5) is 16.0. The fourth-order valence-electron chi connectivity index (χ4n) is 3.57. The van der Waals surface area contributed by atoms with E-state index in [0.717, 1.165) is 22.3 Å². The fraction of sp³-hybridized carbons (Fsp3) is 0.273. The molecule has 1 aromatic carbocycles. The SMILES string of the molecule is COc1nc(-n2cc(CNC[C@H](O)c3ccc4c(c3C)COC4=O)cn2)ccc1C#N. The minimum absolute atomic E-state index is 0.245. The first kappa shape index (κ1) is 20.5. The molecule has 0 spiro atoms. The van der Waals surface area contributed by atoms with Crippen molar-refractivity contribution in [3.8, 4) is 17.8 Å². The molecule has 0 radical (unpaired) electrons. The number of fused-ring (bicyclic) bond motifs is 1. The van der Waals surface area contributed by atoms with Gasteiger partial charge in [-0.3, -0.25) is 0 Å². The van der Waals surface area contributed by atoms with Gasteiger partial charge >= 0.3 is 5.97 Å². The largest absolute Gasteiger partial charge is 0.480 e. The third-order valence-electron chi connectivity index (χ3n) is 5.26. The summed E-state index contributed by atoms with van der Waals surface area (Å²) in [6.07, 6.45) is 2.80. The highest BCUT2D eigenvalue weighted by atomic mass is 16.5. The Balaban J connectivity index is 1.39. The van der Waals surface area contributed by atoms with Gasteiger partial charge in [0.05, 0.1) is 25.0 Å². The van der Waals surface area contributed by atoms with E-state index in [-0.39, 0.29) is 18.5 Å². The molecule has 0 unspecified atom stereocenters. The zero-order chi connectivity index (χ0) is 22.0. The van der Waals surface area contributed by atoms with Gasteiger partial charge in [0.2, 0.25) is 5.88 Å². The average Bonchev–Trinajstić information content (AvgIpc) is 3.41. The van der Waals surface area contributed by atoms with Crippen LogP contribution >= 0.6 is 0 Å². The molecule has 1 aliphatic heterocycles. The highest BCUT2D eigenvalue weighted by molar-refractivity contribution is 5.93. The molecule has 4 rings (SSSR count). The number of ether oxygens (including phenoxy) is 2. The van der Waals surface area contributed by atoms with E-state index < -0.39 is 6.10 Å². The maximum absolute atomic E-state index is 11.7. The number of nitriles is 1. The second-order valence-corrected chi connectivity index (χ2v) is 7.16. The number of rotatable bonds is 7. The average molecular weight is 419 g/mol. The lowest BCUT2D eigenvalue weighted by Gasteiger charge is -2.16. The summed E-state index contributed by atoms with van der Waals surface area (Å²) in [5, 5.41) is 27.2. The number of cyclic esters (lactones) is 1. The molecular formula is C22H21N5O4. The van der Waals surface area contributed by atoms with Gasteiger partial charge in [0.15, 0.2) is 5.82 Å². The molecule has 9 heteroatoms. The summed E-state index contributed by atoms with van der Waals surface area (Å²) in [5.74, 6) is 0.464. The van der Waals surface area contributed by atoms with E-state index in [4.69, 9.17) is 14.7 Å². The molecule has 0 amide bonds. The van der Waals surface area contributed by atoms with Gasteiger partial charge in [-0.2, -0.15) is 15.3 Å². The van der Waals surface area contributed by atoms with Crippen LogP contribution in [0.3, 0.4) is 0 Å². The molecule has 3 aromatic rings. The normalized spacial score (nSPS) is 13.4. The van der Waals surface area contributed by atoms with E-state index in [1.165, 1.54) is 7.11 Å². The zero-order valence-corrected chi connectivity index (χ0v) is 17.1. The Morgan fingerprint density at radius 1 is 1.39 bits per heavy atom. The molecule has 0 aliphatic carbocycles. The second-order valence-electron chi connectivity index (χ2n) is 7.16. The van der Waals surface area contributed by atoms with E-state index >= 15 is 0 Å². The Morgan fingerprint density at radius 2 is 2.23 bits per heavy atom. The van der Waals surface area contributed by atoms with Gasteiger partial charge < -0.3 is 19.9 Å². The van der Waals surface area contributed by atoms with Gasteiger partial charge in [0.25, 0.3) is 0 Å². The number of benzene rings is 1. The minimum atomic E-state index is -0.722. The standard InChI is InChI=1S/C22H21N5O4/c1-13-16(4-5-17-18(13)12-31-22(17)29)19(28)10-24-8-14-9-25-27(11-14)20-6-3-15(7-23)21(26-20)30-2/h3-6,9,11,19,24,28H,8,10,12H2,1-2H3/t19-/m0/s1. The van der Waals surface area contributed by atoms with E-state index in [2.05, 4.69) is 15.4 Å². The van der Waals surface area contributed by atoms with Gasteiger partial charge in [-0.15, -0.1) is 0 Å². The van der Waals surface area contributed by atoms with Crippen LogP contribution in [0.5, 0.6) is 5.88 Å². The molecule has 1 aliphatic rings. The molecule has 2 aromatic heterocycles. The Hall–Kier alpha value is -3.74. The molecule has 2 N–H and O–H groups in total. The molecule has 0 bridgehead atoms. The predicted molar refractivity (Wildman–Crippen MR) is 110 cm³/mol. The first-order valence-electron chi connectivity index (χ1n) is 9.69. The number of nitrogens with zero attached hydrogens (tertiary/aromatic N) is 4. The van der Waals surface area contributed by atoms with E-state index in [1.807, 2.05) is 19.2 Å². The van der Waals surface area contributed by atoms with Crippen LogP contribution < -0.4 is 10.1 Å². The number of aliphatic hydroxyl groups is 1. The number of esters is 1. The summed E-state index contributed by atoms with van der Waals surface area (Å²) in [6.45, 7) is 2.97. The molecule has 31 heavy (non-hydrogen) atoms. The van der Waals surface area contributed by atoms with Gasteiger partial charge in [0, 0.05) is 30.4 Å². The number of nitrogens with one attached hydrogen (secondary N) is 1. The summed E-state index contributed by atoms with van der Waals surface area (Å²) >= 11 is 0. The topological polar surface area (TPSA) is 122 Å². The molecule has 0 fully saturated rings. The number of pyridine rings is 1. The van der Waals surface area contributed by atoms with Crippen LogP contribution in [0.15, 0.2) is 36.7 Å². The van der Waals surface area contributed by atoms with Crippen LogP contribution in [0, 0.1) is 18.3 Å². The van der Waals surface area contributed by atoms with Crippen molar-refractivity contribution in [2.45, 2.75) is 26.2 Å². The highest BCUT2D eigenvalue weighted by Crippen LogP contribution is 2.28. The van der Waals surface area contributed by atoms with Gasteiger partial charge in [0.1, 0.15) is 18.2 Å². The lowest BCUT2D eigenvalue weighted by molar-refractivity contribution is 0.0535. The number of hydrogen-bond donors (Lipinski definition) is 2. The first-order valence-corrected chi connectivity index (χ1v) is 9.69. The molecular weight excluding hydrogens is 398 g/mol. The van der Waals surface area contributed by atoms with Crippen molar-refractivity contribution in [1.29, 1.82) is 5.26 Å². The highest BCUT2D eigenvalue weighted by Gasteiger charge is 2.25. The minimum Gasteiger partial charge on any atom is -0.480 e. The lowest BCUT2D eigenvalue weighted by atomic mass is 9.95. The molecule has 0 saturated heterocycles. The summed E-state index contributed by atoms with van der Waals surface area (Å²) in [7, 11) is 1.46. The number of carbonyl (C=O) groups excluding carboxylic acids is 1. The summed E-state index contributed by atoms with van der Waals surface area (Å²) in [5.41, 5.74) is 4.32. The lowest BCUT2D eigenvalue weighted by Crippen LogP contribution is -2.21. The summed E-state index contributed by atoms with van der Waals surface area (Å²) < 4.78 is 11.8. The number of hydrogen-bond acceptors (Lipinski definition) is 8. The predicted octanol–water partition coefficient (Wildman–Crippen LogP) is 1.95. The zero-order valence-electron chi connectivity index (χ0n) is 17.1. The third kappa shape index (κ3) is 3.99.